The molecular formula is C25H24F9NO3. The number of aliphatic hydroxyl groups is 1. The van der Waals surface area contributed by atoms with Crippen molar-refractivity contribution in [3.8, 4) is 0 Å². The van der Waals surface area contributed by atoms with Crippen LogP contribution in [0.2, 0.25) is 0 Å². The van der Waals surface area contributed by atoms with Gasteiger partial charge in [0.15, 0.2) is 0 Å². The first-order valence-electron chi connectivity index (χ1n) is 11.6. The highest BCUT2D eigenvalue weighted by atomic mass is 19.4. The van der Waals surface area contributed by atoms with E-state index in [-0.39, 0.29) is 36.8 Å². The number of hydrogen-bond acceptors (Lipinski definition) is 3. The summed E-state index contributed by atoms with van der Waals surface area (Å²) in [5.41, 5.74) is -4.83. The normalized spacial score (nSPS) is 19.2. The molecule has 0 saturated heterocycles. The predicted octanol–water partition coefficient (Wildman–Crippen LogP) is 7.58. The van der Waals surface area contributed by atoms with Crippen molar-refractivity contribution in [1.82, 2.24) is 0 Å². The lowest BCUT2D eigenvalue weighted by molar-refractivity contribution is -0.143. The van der Waals surface area contributed by atoms with E-state index in [1.165, 1.54) is 6.92 Å². The minimum atomic E-state index is -5.10. The van der Waals surface area contributed by atoms with Gasteiger partial charge in [0.2, 0.25) is 0 Å². The van der Waals surface area contributed by atoms with E-state index in [1.807, 2.05) is 0 Å². The maximum Gasteiger partial charge on any atom is 0.416 e. The molecule has 1 aliphatic rings. The van der Waals surface area contributed by atoms with E-state index < -0.39 is 71.4 Å². The van der Waals surface area contributed by atoms with Crippen LogP contribution in [0.25, 0.3) is 0 Å². The molecule has 1 aliphatic heterocycles. The van der Waals surface area contributed by atoms with Gasteiger partial charge in [-0.3, -0.25) is 4.90 Å². The van der Waals surface area contributed by atoms with E-state index in [0.29, 0.717) is 12.1 Å². The summed E-state index contributed by atoms with van der Waals surface area (Å²) >= 11 is 0. The van der Waals surface area contributed by atoms with Crippen molar-refractivity contribution in [3.63, 3.8) is 0 Å². The van der Waals surface area contributed by atoms with Crippen LogP contribution in [0.3, 0.4) is 0 Å². The molecular weight excluding hydrogens is 533 g/mol. The summed E-state index contributed by atoms with van der Waals surface area (Å²) in [6.45, 7) is 3.19. The Morgan fingerprint density at radius 2 is 1.47 bits per heavy atom. The fraction of sp³-hybridized carbons (Fsp3) is 0.480. The lowest BCUT2D eigenvalue weighted by Crippen LogP contribution is -2.46. The van der Waals surface area contributed by atoms with E-state index in [0.717, 1.165) is 23.1 Å². The molecule has 3 rings (SSSR count). The third-order valence-corrected chi connectivity index (χ3v) is 6.40. The minimum Gasteiger partial charge on any atom is -0.449 e. The van der Waals surface area contributed by atoms with Crippen molar-refractivity contribution < 1.29 is 54.2 Å². The standard InChI is InChI=1S/C25H24F9NO3/c1-3-17-12-19(18-11-14(23(26,27)28)5-6-20(18)35(17)22(37)38-4-2)21(36)9-13-7-15(24(29,30)31)10-16(8-13)25(32,33)34/h5-8,10-11,17,19,21,36H,3-4,9,12H2,1-2H3. The fourth-order valence-electron chi connectivity index (χ4n) is 4.64. The van der Waals surface area contributed by atoms with Crippen LogP contribution in [-0.4, -0.2) is 30.0 Å². The Bertz CT molecular complexity index is 1130. The van der Waals surface area contributed by atoms with Gasteiger partial charge < -0.3 is 9.84 Å². The highest BCUT2D eigenvalue weighted by Crippen LogP contribution is 2.45. The number of amides is 1. The maximum atomic E-state index is 13.5. The Labute approximate surface area is 212 Å². The fourth-order valence-corrected chi connectivity index (χ4v) is 4.64. The van der Waals surface area contributed by atoms with Crippen LogP contribution in [0.15, 0.2) is 36.4 Å². The van der Waals surface area contributed by atoms with Crippen LogP contribution >= 0.6 is 0 Å². The van der Waals surface area contributed by atoms with Crippen molar-refractivity contribution in [2.45, 2.75) is 69.7 Å². The van der Waals surface area contributed by atoms with E-state index in [2.05, 4.69) is 0 Å². The molecule has 3 unspecified atom stereocenters. The summed E-state index contributed by atoms with van der Waals surface area (Å²) in [7, 11) is 0. The first-order chi connectivity index (χ1) is 17.5. The number of aliphatic hydroxyl groups excluding tert-OH is 1. The average molecular weight is 557 g/mol. The molecule has 1 heterocycles. The number of anilines is 1. The maximum absolute atomic E-state index is 13.5. The second-order valence-corrected chi connectivity index (χ2v) is 8.93. The molecule has 0 fully saturated rings. The third-order valence-electron chi connectivity index (χ3n) is 6.40. The second kappa shape index (κ2) is 10.7. The van der Waals surface area contributed by atoms with Gasteiger partial charge in [0.05, 0.1) is 35.1 Å². The molecule has 13 heteroatoms. The van der Waals surface area contributed by atoms with Crippen LogP contribution < -0.4 is 4.90 Å². The van der Waals surface area contributed by atoms with E-state index >= 15 is 0 Å². The first-order valence-corrected chi connectivity index (χ1v) is 11.6. The van der Waals surface area contributed by atoms with Crippen LogP contribution in [0.1, 0.15) is 60.4 Å². The number of rotatable bonds is 5. The van der Waals surface area contributed by atoms with Gasteiger partial charge in [0, 0.05) is 12.0 Å². The molecule has 210 valence electrons. The molecule has 0 aromatic heterocycles. The molecule has 0 saturated carbocycles. The smallest absolute Gasteiger partial charge is 0.416 e. The molecule has 2 aromatic carbocycles. The van der Waals surface area contributed by atoms with Gasteiger partial charge in [0.25, 0.3) is 0 Å². The van der Waals surface area contributed by atoms with Gasteiger partial charge in [0.1, 0.15) is 0 Å². The number of ether oxygens (including phenoxy) is 1. The molecule has 38 heavy (non-hydrogen) atoms. The summed E-state index contributed by atoms with van der Waals surface area (Å²) in [5.74, 6) is -1.13. The third kappa shape index (κ3) is 6.36. The summed E-state index contributed by atoms with van der Waals surface area (Å²) in [6.07, 6.45) is -18.0. The van der Waals surface area contributed by atoms with Gasteiger partial charge in [-0.05, 0) is 73.7 Å². The zero-order valence-corrected chi connectivity index (χ0v) is 20.1. The molecule has 0 aliphatic carbocycles. The molecule has 2 aromatic rings. The number of carbonyl (C=O) groups excluding carboxylic acids is 1. The molecule has 0 spiro atoms. The highest BCUT2D eigenvalue weighted by Gasteiger charge is 2.42. The number of carbonyl (C=O) groups is 1. The molecule has 1 amide bonds. The molecule has 1 N–H and O–H groups in total. The monoisotopic (exact) mass is 557 g/mol. The average Bonchev–Trinajstić information content (AvgIpc) is 2.80. The topological polar surface area (TPSA) is 49.8 Å². The summed E-state index contributed by atoms with van der Waals surface area (Å²) < 4.78 is 125. The van der Waals surface area contributed by atoms with E-state index in [4.69, 9.17) is 4.74 Å². The van der Waals surface area contributed by atoms with Crippen molar-refractivity contribution in [2.24, 2.45) is 0 Å². The summed E-state index contributed by atoms with van der Waals surface area (Å²) in [5, 5.41) is 11.0. The summed E-state index contributed by atoms with van der Waals surface area (Å²) in [4.78, 5) is 13.8. The predicted molar refractivity (Wildman–Crippen MR) is 119 cm³/mol. The van der Waals surface area contributed by atoms with Gasteiger partial charge in [-0.1, -0.05) is 6.92 Å². The van der Waals surface area contributed by atoms with Crippen LogP contribution in [-0.2, 0) is 29.7 Å². The Balaban J connectivity index is 2.09. The summed E-state index contributed by atoms with van der Waals surface area (Å²) in [6, 6.07) is 2.75. The molecule has 0 radical (unpaired) electrons. The number of halogens is 9. The van der Waals surface area contributed by atoms with Gasteiger partial charge >= 0.3 is 24.6 Å². The molecule has 4 nitrogen and oxygen atoms in total. The number of benzene rings is 2. The lowest BCUT2D eigenvalue weighted by Gasteiger charge is -2.41. The zero-order valence-electron chi connectivity index (χ0n) is 20.1. The van der Waals surface area contributed by atoms with E-state index in [1.54, 1.807) is 6.92 Å². The van der Waals surface area contributed by atoms with Crippen molar-refractivity contribution in [1.29, 1.82) is 0 Å². The lowest BCUT2D eigenvalue weighted by atomic mass is 9.79. The van der Waals surface area contributed by atoms with Crippen molar-refractivity contribution in [3.05, 3.63) is 64.2 Å². The van der Waals surface area contributed by atoms with Gasteiger partial charge in [-0.25, -0.2) is 4.79 Å². The first kappa shape index (κ1) is 29.6. The molecule has 3 atom stereocenters. The van der Waals surface area contributed by atoms with Crippen LogP contribution in [0.5, 0.6) is 0 Å². The minimum absolute atomic E-state index is 0.0126. The SMILES string of the molecule is CCOC(=O)N1c2ccc(C(F)(F)F)cc2C(C(O)Cc2cc(C(F)(F)F)cc(C(F)(F)F)c2)CC1CC. The van der Waals surface area contributed by atoms with Crippen LogP contribution in [0, 0.1) is 0 Å². The van der Waals surface area contributed by atoms with Crippen molar-refractivity contribution >= 4 is 11.8 Å². The number of fused-ring (bicyclic) bond motifs is 1. The second-order valence-electron chi connectivity index (χ2n) is 8.93. The van der Waals surface area contributed by atoms with E-state index in [9.17, 15) is 49.4 Å². The number of alkyl halides is 9. The number of nitrogens with zero attached hydrogens (tertiary/aromatic N) is 1. The Kier molecular flexibility index (Phi) is 8.30. The number of hydrogen-bond donors (Lipinski definition) is 1. The Morgan fingerprint density at radius 1 is 0.921 bits per heavy atom. The quantitative estimate of drug-likeness (QED) is 0.386. The van der Waals surface area contributed by atoms with Crippen LogP contribution in [0.4, 0.5) is 50.0 Å². The Hall–Kier alpha value is -2.96. The highest BCUT2D eigenvalue weighted by molar-refractivity contribution is 5.90. The molecule has 0 bridgehead atoms. The van der Waals surface area contributed by atoms with Gasteiger partial charge in [-0.15, -0.1) is 0 Å². The largest absolute Gasteiger partial charge is 0.449 e. The zero-order chi connectivity index (χ0) is 28.6. The van der Waals surface area contributed by atoms with Gasteiger partial charge in [-0.2, -0.15) is 39.5 Å². The van der Waals surface area contributed by atoms with Crippen molar-refractivity contribution in [2.75, 3.05) is 11.5 Å². The Morgan fingerprint density at radius 3 is 1.95 bits per heavy atom.